The fourth-order valence-electron chi connectivity index (χ4n) is 2.18. The number of nitrogens with zero attached hydrogens (tertiary/aromatic N) is 3. The molecule has 3 rings (SSSR count). The summed E-state index contributed by atoms with van der Waals surface area (Å²) in [5.41, 5.74) is 0.804. The van der Waals surface area contributed by atoms with Crippen LogP contribution in [0.1, 0.15) is 17.4 Å². The molecular weight excluding hydrogens is 330 g/mol. The molecule has 3 aromatic rings. The summed E-state index contributed by atoms with van der Waals surface area (Å²) in [7, 11) is 0. The van der Waals surface area contributed by atoms with Gasteiger partial charge in [-0.05, 0) is 30.7 Å². The normalized spacial score (nSPS) is 13.3. The average Bonchev–Trinajstić information content (AvgIpc) is 3.07. The first-order valence-corrected chi connectivity index (χ1v) is 7.98. The molecule has 0 radical (unpaired) electrons. The molecule has 0 saturated carbocycles. The van der Waals surface area contributed by atoms with Gasteiger partial charge in [0.05, 0.1) is 11.4 Å². The number of aromatic nitrogens is 2. The molecule has 0 fully saturated rings. The summed E-state index contributed by atoms with van der Waals surface area (Å²) in [4.78, 5) is 12.5. The van der Waals surface area contributed by atoms with Crippen LogP contribution in [0, 0.1) is 6.57 Å². The largest absolute Gasteiger partial charge is 0.380 e. The molecule has 23 heavy (non-hydrogen) atoms. The van der Waals surface area contributed by atoms with Gasteiger partial charge in [-0.2, -0.15) is 0 Å². The number of rotatable bonds is 3. The molecule has 1 aromatic carbocycles. The predicted molar refractivity (Wildman–Crippen MR) is 91.7 cm³/mol. The number of halogens is 1. The van der Waals surface area contributed by atoms with E-state index in [-0.39, 0.29) is 0 Å². The van der Waals surface area contributed by atoms with Gasteiger partial charge in [0.2, 0.25) is 5.69 Å². The van der Waals surface area contributed by atoms with Crippen molar-refractivity contribution in [1.29, 1.82) is 0 Å². The number of pyridine rings is 1. The fraction of sp³-hybridized carbons (Fsp3) is 0.118. The molecule has 1 atom stereocenters. The van der Waals surface area contributed by atoms with Crippen molar-refractivity contribution in [1.82, 2.24) is 9.97 Å². The zero-order valence-electron chi connectivity index (χ0n) is 12.2. The molecule has 0 aliphatic rings. The Morgan fingerprint density at radius 3 is 2.70 bits per heavy atom. The maximum Gasteiger partial charge on any atom is 0.206 e. The fourth-order valence-corrected chi connectivity index (χ4v) is 3.32. The van der Waals surface area contributed by atoms with Crippen LogP contribution in [-0.2, 0) is 5.60 Å². The van der Waals surface area contributed by atoms with Crippen molar-refractivity contribution < 1.29 is 5.11 Å². The van der Waals surface area contributed by atoms with Crippen molar-refractivity contribution in [3.8, 4) is 10.6 Å². The Morgan fingerprint density at radius 2 is 2.00 bits per heavy atom. The summed E-state index contributed by atoms with van der Waals surface area (Å²) in [6.07, 6.45) is 4.95. The highest BCUT2D eigenvalue weighted by Gasteiger charge is 2.28. The lowest BCUT2D eigenvalue weighted by molar-refractivity contribution is 0.106. The Labute approximate surface area is 142 Å². The molecule has 114 valence electrons. The zero-order chi connectivity index (χ0) is 16.4. The van der Waals surface area contributed by atoms with Crippen LogP contribution in [0.4, 0.5) is 5.69 Å². The first-order valence-electron chi connectivity index (χ1n) is 6.79. The number of aliphatic hydroxyl groups is 1. The van der Waals surface area contributed by atoms with Gasteiger partial charge >= 0.3 is 0 Å². The molecule has 0 amide bonds. The van der Waals surface area contributed by atoms with Gasteiger partial charge in [-0.15, -0.1) is 11.3 Å². The second kappa shape index (κ2) is 6.09. The van der Waals surface area contributed by atoms with E-state index in [9.17, 15) is 5.11 Å². The maximum absolute atomic E-state index is 10.8. The van der Waals surface area contributed by atoms with E-state index in [1.54, 1.807) is 49.8 Å². The molecule has 1 unspecified atom stereocenters. The van der Waals surface area contributed by atoms with Crippen LogP contribution < -0.4 is 0 Å². The van der Waals surface area contributed by atoms with Gasteiger partial charge in [0, 0.05) is 29.2 Å². The lowest BCUT2D eigenvalue weighted by Crippen LogP contribution is -2.21. The van der Waals surface area contributed by atoms with Gasteiger partial charge in [-0.25, -0.2) is 9.83 Å². The highest BCUT2D eigenvalue weighted by atomic mass is 35.5. The molecule has 6 heteroatoms. The second-order valence-electron chi connectivity index (χ2n) is 5.12. The Kier molecular flexibility index (Phi) is 4.14. The zero-order valence-corrected chi connectivity index (χ0v) is 13.8. The van der Waals surface area contributed by atoms with Crippen molar-refractivity contribution in [2.24, 2.45) is 0 Å². The van der Waals surface area contributed by atoms with E-state index in [0.717, 1.165) is 21.0 Å². The molecule has 0 spiro atoms. The van der Waals surface area contributed by atoms with Crippen molar-refractivity contribution >= 4 is 28.6 Å². The summed E-state index contributed by atoms with van der Waals surface area (Å²) in [6.45, 7) is 8.87. The highest BCUT2D eigenvalue weighted by molar-refractivity contribution is 7.15. The third-order valence-electron chi connectivity index (χ3n) is 3.54. The minimum absolute atomic E-state index is 0.391. The lowest BCUT2D eigenvalue weighted by Gasteiger charge is -2.21. The number of benzene rings is 1. The van der Waals surface area contributed by atoms with Gasteiger partial charge < -0.3 is 5.11 Å². The molecule has 4 nitrogen and oxygen atoms in total. The number of hydrogen-bond donors (Lipinski definition) is 1. The topological polar surface area (TPSA) is 50.4 Å². The second-order valence-corrected chi connectivity index (χ2v) is 6.55. The van der Waals surface area contributed by atoms with Crippen molar-refractivity contribution in [3.63, 3.8) is 0 Å². The SMILES string of the molecule is [C-]#[N+]c1cc(-c2ncc(C(C)(O)c3ccncc3)s2)ccc1Cl. The van der Waals surface area contributed by atoms with E-state index >= 15 is 0 Å². The van der Waals surface area contributed by atoms with E-state index < -0.39 is 5.60 Å². The summed E-state index contributed by atoms with van der Waals surface area (Å²) in [5, 5.41) is 12.0. The molecule has 2 aromatic heterocycles. The van der Waals surface area contributed by atoms with Crippen LogP contribution in [0.3, 0.4) is 0 Å². The third kappa shape index (κ3) is 2.97. The minimum Gasteiger partial charge on any atom is -0.380 e. The summed E-state index contributed by atoms with van der Waals surface area (Å²) in [5.74, 6) is 0. The summed E-state index contributed by atoms with van der Waals surface area (Å²) in [6, 6.07) is 8.77. The standard InChI is InChI=1S/C17H12ClN3OS/c1-17(22,12-5-7-20-8-6-12)15-10-21-16(23-15)11-3-4-13(18)14(9-11)19-2/h3-10,22H,1H3. The monoisotopic (exact) mass is 341 g/mol. The van der Waals surface area contributed by atoms with Crippen LogP contribution in [0.5, 0.6) is 0 Å². The van der Waals surface area contributed by atoms with Crippen LogP contribution in [0.25, 0.3) is 15.4 Å². The van der Waals surface area contributed by atoms with Crippen LogP contribution >= 0.6 is 22.9 Å². The van der Waals surface area contributed by atoms with Crippen LogP contribution in [0.15, 0.2) is 48.9 Å². The predicted octanol–water partition coefficient (Wildman–Crippen LogP) is 4.67. The molecule has 2 heterocycles. The number of hydrogen-bond acceptors (Lipinski definition) is 4. The van der Waals surface area contributed by atoms with Gasteiger partial charge in [-0.3, -0.25) is 4.98 Å². The van der Waals surface area contributed by atoms with E-state index in [1.807, 2.05) is 6.07 Å². The quantitative estimate of drug-likeness (QED) is 0.704. The van der Waals surface area contributed by atoms with E-state index in [0.29, 0.717) is 10.7 Å². The lowest BCUT2D eigenvalue weighted by atomic mass is 9.96. The molecule has 0 bridgehead atoms. The maximum atomic E-state index is 10.8. The third-order valence-corrected chi connectivity index (χ3v) is 5.12. The van der Waals surface area contributed by atoms with E-state index in [4.69, 9.17) is 18.2 Å². The first kappa shape index (κ1) is 15.6. The average molecular weight is 342 g/mol. The van der Waals surface area contributed by atoms with Crippen LogP contribution in [-0.4, -0.2) is 15.1 Å². The molecule has 1 N–H and O–H groups in total. The minimum atomic E-state index is -1.14. The first-order chi connectivity index (χ1) is 11.0. The summed E-state index contributed by atoms with van der Waals surface area (Å²) < 4.78 is 0. The van der Waals surface area contributed by atoms with E-state index in [2.05, 4.69) is 14.8 Å². The van der Waals surface area contributed by atoms with Gasteiger partial charge in [0.1, 0.15) is 10.6 Å². The molecule has 0 aliphatic heterocycles. The highest BCUT2D eigenvalue weighted by Crippen LogP contribution is 2.37. The van der Waals surface area contributed by atoms with Crippen molar-refractivity contribution in [3.05, 3.63) is 75.8 Å². The molecule has 0 aliphatic carbocycles. The van der Waals surface area contributed by atoms with Crippen molar-refractivity contribution in [2.75, 3.05) is 0 Å². The Bertz CT molecular complexity index is 884. The van der Waals surface area contributed by atoms with Gasteiger partial charge in [-0.1, -0.05) is 23.7 Å². The van der Waals surface area contributed by atoms with Crippen LogP contribution in [0.2, 0.25) is 5.02 Å². The molecule has 0 saturated heterocycles. The molecular formula is C17H12ClN3OS. The Balaban J connectivity index is 2.00. The summed E-state index contributed by atoms with van der Waals surface area (Å²) >= 11 is 7.35. The smallest absolute Gasteiger partial charge is 0.206 e. The Hall–Kier alpha value is -2.26. The van der Waals surface area contributed by atoms with Crippen molar-refractivity contribution in [2.45, 2.75) is 12.5 Å². The number of thiazole rings is 1. The van der Waals surface area contributed by atoms with Gasteiger partial charge in [0.15, 0.2) is 0 Å². The van der Waals surface area contributed by atoms with Gasteiger partial charge in [0.25, 0.3) is 0 Å². The Morgan fingerprint density at radius 1 is 1.26 bits per heavy atom. The van der Waals surface area contributed by atoms with E-state index in [1.165, 1.54) is 11.3 Å².